The summed E-state index contributed by atoms with van der Waals surface area (Å²) in [7, 11) is 0. The highest BCUT2D eigenvalue weighted by Gasteiger charge is 2.12. The molecule has 1 heterocycles. The van der Waals surface area contributed by atoms with E-state index in [-0.39, 0.29) is 12.5 Å². The molecule has 0 radical (unpaired) electrons. The number of benzene rings is 2. The van der Waals surface area contributed by atoms with Crippen molar-refractivity contribution in [1.82, 2.24) is 0 Å². The Morgan fingerprint density at radius 2 is 1.81 bits per heavy atom. The average molecular weight is 285 g/mol. The molecule has 2 aromatic carbocycles. The second-order valence-corrected chi connectivity index (χ2v) is 4.51. The van der Waals surface area contributed by atoms with E-state index >= 15 is 0 Å². The molecule has 108 valence electrons. The summed E-state index contributed by atoms with van der Waals surface area (Å²) in [6, 6.07) is 14.5. The third kappa shape index (κ3) is 3.45. The summed E-state index contributed by atoms with van der Waals surface area (Å²) in [5.41, 5.74) is 0.744. The second-order valence-electron chi connectivity index (χ2n) is 4.51. The highest BCUT2D eigenvalue weighted by atomic mass is 16.6. The molecule has 5 heteroatoms. The van der Waals surface area contributed by atoms with Gasteiger partial charge in [0.1, 0.15) is 19.0 Å². The number of anilines is 1. The lowest BCUT2D eigenvalue weighted by atomic mass is 10.3. The Morgan fingerprint density at radius 3 is 2.62 bits per heavy atom. The highest BCUT2D eigenvalue weighted by molar-refractivity contribution is 5.91. The number of hydrogen-bond acceptors (Lipinski definition) is 4. The van der Waals surface area contributed by atoms with E-state index in [0.29, 0.717) is 30.5 Å². The van der Waals surface area contributed by atoms with Crippen molar-refractivity contribution in [3.63, 3.8) is 0 Å². The summed E-state index contributed by atoms with van der Waals surface area (Å²) < 4.78 is 16.3. The van der Waals surface area contributed by atoms with E-state index in [4.69, 9.17) is 14.2 Å². The maximum atomic E-state index is 11.8. The zero-order valence-corrected chi connectivity index (χ0v) is 11.4. The monoisotopic (exact) mass is 285 g/mol. The Balaban J connectivity index is 1.56. The number of carbonyl (C=O) groups is 1. The van der Waals surface area contributed by atoms with E-state index in [1.54, 1.807) is 18.2 Å². The fourth-order valence-corrected chi connectivity index (χ4v) is 1.98. The van der Waals surface area contributed by atoms with E-state index in [2.05, 4.69) is 5.32 Å². The zero-order chi connectivity index (χ0) is 14.5. The van der Waals surface area contributed by atoms with Gasteiger partial charge in [0.05, 0.1) is 0 Å². The van der Waals surface area contributed by atoms with Gasteiger partial charge in [-0.05, 0) is 24.3 Å². The quantitative estimate of drug-likeness (QED) is 0.937. The van der Waals surface area contributed by atoms with Crippen LogP contribution in [0.3, 0.4) is 0 Å². The van der Waals surface area contributed by atoms with Crippen LogP contribution >= 0.6 is 0 Å². The number of rotatable bonds is 4. The normalized spacial score (nSPS) is 12.6. The number of fused-ring (bicyclic) bond motifs is 1. The van der Waals surface area contributed by atoms with Gasteiger partial charge in [0, 0.05) is 11.8 Å². The van der Waals surface area contributed by atoms with Gasteiger partial charge in [-0.25, -0.2) is 0 Å². The molecule has 2 aromatic rings. The van der Waals surface area contributed by atoms with E-state index in [9.17, 15) is 4.79 Å². The first-order chi connectivity index (χ1) is 10.3. The molecule has 21 heavy (non-hydrogen) atoms. The highest BCUT2D eigenvalue weighted by Crippen LogP contribution is 2.33. The smallest absolute Gasteiger partial charge is 0.262 e. The number of hydrogen-bond donors (Lipinski definition) is 1. The summed E-state index contributed by atoms with van der Waals surface area (Å²) in [5.74, 6) is 1.70. The van der Waals surface area contributed by atoms with E-state index in [1.165, 1.54) is 0 Å². The third-order valence-electron chi connectivity index (χ3n) is 2.94. The van der Waals surface area contributed by atoms with Crippen LogP contribution < -0.4 is 19.5 Å². The second kappa shape index (κ2) is 6.17. The summed E-state index contributed by atoms with van der Waals surface area (Å²) in [4.78, 5) is 11.8. The molecule has 0 atom stereocenters. The molecular weight excluding hydrogens is 270 g/mol. The number of ether oxygens (including phenoxy) is 3. The SMILES string of the molecule is O=C(COc1ccc2c(c1)OCCO2)Nc1ccccc1. The number of carbonyl (C=O) groups excluding carboxylic acids is 1. The molecule has 3 rings (SSSR count). The molecule has 1 N–H and O–H groups in total. The lowest BCUT2D eigenvalue weighted by Crippen LogP contribution is -2.20. The van der Waals surface area contributed by atoms with Crippen molar-refractivity contribution >= 4 is 11.6 Å². The van der Waals surface area contributed by atoms with Gasteiger partial charge in [-0.15, -0.1) is 0 Å². The molecule has 1 amide bonds. The predicted octanol–water partition coefficient (Wildman–Crippen LogP) is 2.48. The van der Waals surface area contributed by atoms with Crippen LogP contribution in [0.2, 0.25) is 0 Å². The molecule has 0 aromatic heterocycles. The average Bonchev–Trinajstić information content (AvgIpc) is 2.54. The summed E-state index contributed by atoms with van der Waals surface area (Å²) >= 11 is 0. The van der Waals surface area contributed by atoms with Crippen LogP contribution in [0.4, 0.5) is 5.69 Å². The molecule has 0 aliphatic carbocycles. The minimum absolute atomic E-state index is 0.0610. The van der Waals surface area contributed by atoms with Crippen LogP contribution in [-0.4, -0.2) is 25.7 Å². The maximum absolute atomic E-state index is 11.8. The molecule has 0 unspecified atom stereocenters. The third-order valence-corrected chi connectivity index (χ3v) is 2.94. The van der Waals surface area contributed by atoms with Crippen LogP contribution in [0.25, 0.3) is 0 Å². The first-order valence-corrected chi connectivity index (χ1v) is 6.68. The Morgan fingerprint density at radius 1 is 1.05 bits per heavy atom. The Labute approximate surface area is 122 Å². The molecule has 0 saturated heterocycles. The van der Waals surface area contributed by atoms with Crippen molar-refractivity contribution in [2.45, 2.75) is 0 Å². The fraction of sp³-hybridized carbons (Fsp3) is 0.188. The van der Waals surface area contributed by atoms with Crippen molar-refractivity contribution in [3.05, 3.63) is 48.5 Å². The van der Waals surface area contributed by atoms with Gasteiger partial charge in [0.15, 0.2) is 18.1 Å². The van der Waals surface area contributed by atoms with Gasteiger partial charge in [-0.1, -0.05) is 18.2 Å². The largest absolute Gasteiger partial charge is 0.486 e. The van der Waals surface area contributed by atoms with Crippen molar-refractivity contribution in [2.75, 3.05) is 25.1 Å². The first-order valence-electron chi connectivity index (χ1n) is 6.68. The molecule has 0 spiro atoms. The van der Waals surface area contributed by atoms with Gasteiger partial charge in [-0.2, -0.15) is 0 Å². The fourth-order valence-electron chi connectivity index (χ4n) is 1.98. The van der Waals surface area contributed by atoms with Crippen LogP contribution in [0, 0.1) is 0 Å². The van der Waals surface area contributed by atoms with Gasteiger partial charge in [0.2, 0.25) is 0 Å². The Hall–Kier alpha value is -2.69. The van der Waals surface area contributed by atoms with Gasteiger partial charge >= 0.3 is 0 Å². The van der Waals surface area contributed by atoms with E-state index < -0.39 is 0 Å². The maximum Gasteiger partial charge on any atom is 0.262 e. The summed E-state index contributed by atoms with van der Waals surface area (Å²) in [5, 5.41) is 2.75. The molecule has 0 fully saturated rings. The van der Waals surface area contributed by atoms with Crippen molar-refractivity contribution in [3.8, 4) is 17.2 Å². The van der Waals surface area contributed by atoms with E-state index in [1.807, 2.05) is 30.3 Å². The topological polar surface area (TPSA) is 56.8 Å². The standard InChI is InChI=1S/C16H15NO4/c18-16(17-12-4-2-1-3-5-12)11-21-13-6-7-14-15(10-13)20-9-8-19-14/h1-7,10H,8-9,11H2,(H,17,18). The summed E-state index contributed by atoms with van der Waals surface area (Å²) in [6.45, 7) is 1.01. The van der Waals surface area contributed by atoms with Crippen LogP contribution in [0.5, 0.6) is 17.2 Å². The van der Waals surface area contributed by atoms with Gasteiger partial charge in [0.25, 0.3) is 5.91 Å². The predicted molar refractivity (Wildman–Crippen MR) is 78.0 cm³/mol. The number of para-hydroxylation sites is 1. The number of nitrogens with one attached hydrogen (secondary N) is 1. The van der Waals surface area contributed by atoms with Gasteiger partial charge in [-0.3, -0.25) is 4.79 Å². The number of amides is 1. The van der Waals surface area contributed by atoms with Crippen LogP contribution in [-0.2, 0) is 4.79 Å². The Bertz CT molecular complexity index is 627. The van der Waals surface area contributed by atoms with Crippen molar-refractivity contribution < 1.29 is 19.0 Å². The molecule has 1 aliphatic heterocycles. The zero-order valence-electron chi connectivity index (χ0n) is 11.4. The van der Waals surface area contributed by atoms with E-state index in [0.717, 1.165) is 5.69 Å². The van der Waals surface area contributed by atoms with Crippen LogP contribution in [0.1, 0.15) is 0 Å². The molecule has 5 nitrogen and oxygen atoms in total. The Kier molecular flexibility index (Phi) is 3.91. The lowest BCUT2D eigenvalue weighted by Gasteiger charge is -2.18. The molecule has 0 saturated carbocycles. The van der Waals surface area contributed by atoms with Crippen LogP contribution in [0.15, 0.2) is 48.5 Å². The summed E-state index contributed by atoms with van der Waals surface area (Å²) in [6.07, 6.45) is 0. The lowest BCUT2D eigenvalue weighted by molar-refractivity contribution is -0.118. The minimum atomic E-state index is -0.212. The first kappa shape index (κ1) is 13.3. The minimum Gasteiger partial charge on any atom is -0.486 e. The molecule has 1 aliphatic rings. The molecular formula is C16H15NO4. The molecule has 0 bridgehead atoms. The van der Waals surface area contributed by atoms with Crippen molar-refractivity contribution in [1.29, 1.82) is 0 Å². The van der Waals surface area contributed by atoms with Crippen molar-refractivity contribution in [2.24, 2.45) is 0 Å². The van der Waals surface area contributed by atoms with Gasteiger partial charge < -0.3 is 19.5 Å².